The van der Waals surface area contributed by atoms with Crippen LogP contribution < -0.4 is 10.6 Å². The molecule has 0 saturated carbocycles. The average Bonchev–Trinajstić information content (AvgIpc) is 2.56. The molecule has 0 radical (unpaired) electrons. The zero-order chi connectivity index (χ0) is 17.1. The Kier molecular flexibility index (Phi) is 4.90. The molecule has 1 unspecified atom stereocenters. The number of carbonyl (C=O) groups is 2. The van der Waals surface area contributed by atoms with Crippen LogP contribution in [0.25, 0.3) is 0 Å². The lowest BCUT2D eigenvalue weighted by Gasteiger charge is -2.21. The van der Waals surface area contributed by atoms with Gasteiger partial charge in [0, 0.05) is 17.0 Å². The van der Waals surface area contributed by atoms with Crippen LogP contribution in [-0.2, 0) is 11.2 Å². The zero-order valence-electron chi connectivity index (χ0n) is 13.8. The molecule has 24 heavy (non-hydrogen) atoms. The lowest BCUT2D eigenvalue weighted by Crippen LogP contribution is -2.27. The number of nitrogens with one attached hydrogen (secondary N) is 2. The Morgan fingerprint density at radius 3 is 2.83 bits per heavy atom. The number of carbonyl (C=O) groups excluding carboxylic acids is 2. The van der Waals surface area contributed by atoms with Crippen LogP contribution in [0.3, 0.4) is 0 Å². The van der Waals surface area contributed by atoms with Crippen molar-refractivity contribution in [2.45, 2.75) is 30.4 Å². The third-order valence-electron chi connectivity index (χ3n) is 4.06. The molecule has 0 aromatic heterocycles. The molecule has 2 aromatic carbocycles. The van der Waals surface area contributed by atoms with E-state index in [0.717, 1.165) is 28.1 Å². The predicted octanol–water partition coefficient (Wildman–Crippen LogP) is 3.40. The molecule has 5 heteroatoms. The standard InChI is InChI=1S/C19H20N2O2S/c1-12-5-3-4-6-15(12)19(23)20-10-9-14-7-8-17-16(11-14)21-18(22)13(2)24-17/h3-8,11,13H,9-10H2,1-2H3,(H,20,23)(H,21,22). The molecule has 0 bridgehead atoms. The van der Waals surface area contributed by atoms with Crippen molar-refractivity contribution in [2.75, 3.05) is 11.9 Å². The summed E-state index contributed by atoms with van der Waals surface area (Å²) in [5, 5.41) is 5.83. The van der Waals surface area contributed by atoms with Crippen molar-refractivity contribution in [1.29, 1.82) is 0 Å². The molecule has 1 heterocycles. The summed E-state index contributed by atoms with van der Waals surface area (Å²) < 4.78 is 0. The minimum Gasteiger partial charge on any atom is -0.352 e. The monoisotopic (exact) mass is 340 g/mol. The largest absolute Gasteiger partial charge is 0.352 e. The van der Waals surface area contributed by atoms with Gasteiger partial charge in [-0.25, -0.2) is 0 Å². The van der Waals surface area contributed by atoms with Crippen LogP contribution in [0, 0.1) is 6.92 Å². The number of thioether (sulfide) groups is 1. The van der Waals surface area contributed by atoms with E-state index >= 15 is 0 Å². The van der Waals surface area contributed by atoms with E-state index in [1.807, 2.05) is 50.2 Å². The van der Waals surface area contributed by atoms with Crippen LogP contribution in [0.1, 0.15) is 28.4 Å². The van der Waals surface area contributed by atoms with Gasteiger partial charge in [0.25, 0.3) is 5.91 Å². The Morgan fingerprint density at radius 1 is 1.25 bits per heavy atom. The summed E-state index contributed by atoms with van der Waals surface area (Å²) in [6, 6.07) is 13.6. The summed E-state index contributed by atoms with van der Waals surface area (Å²) >= 11 is 1.57. The van der Waals surface area contributed by atoms with Gasteiger partial charge in [0.2, 0.25) is 5.91 Å². The van der Waals surface area contributed by atoms with E-state index in [1.165, 1.54) is 0 Å². The molecule has 2 amide bonds. The number of benzene rings is 2. The smallest absolute Gasteiger partial charge is 0.251 e. The van der Waals surface area contributed by atoms with Crippen LogP contribution in [-0.4, -0.2) is 23.6 Å². The molecule has 0 aliphatic carbocycles. The van der Waals surface area contributed by atoms with E-state index in [4.69, 9.17) is 0 Å². The average molecular weight is 340 g/mol. The number of hydrogen-bond donors (Lipinski definition) is 2. The number of aryl methyl sites for hydroxylation is 1. The highest BCUT2D eigenvalue weighted by Crippen LogP contribution is 2.35. The maximum atomic E-state index is 12.2. The SMILES string of the molecule is Cc1ccccc1C(=O)NCCc1ccc2c(c1)NC(=O)C(C)S2. The van der Waals surface area contributed by atoms with Gasteiger partial charge in [0.05, 0.1) is 10.9 Å². The number of anilines is 1. The predicted molar refractivity (Wildman–Crippen MR) is 97.6 cm³/mol. The van der Waals surface area contributed by atoms with E-state index in [0.29, 0.717) is 12.1 Å². The quantitative estimate of drug-likeness (QED) is 0.897. The van der Waals surface area contributed by atoms with Crippen LogP contribution in [0.15, 0.2) is 47.4 Å². The molecule has 2 aromatic rings. The highest BCUT2D eigenvalue weighted by atomic mass is 32.2. The van der Waals surface area contributed by atoms with Gasteiger partial charge in [-0.05, 0) is 49.6 Å². The fourth-order valence-corrected chi connectivity index (χ4v) is 3.59. The van der Waals surface area contributed by atoms with Crippen molar-refractivity contribution in [1.82, 2.24) is 5.32 Å². The van der Waals surface area contributed by atoms with E-state index in [-0.39, 0.29) is 17.1 Å². The first-order chi connectivity index (χ1) is 11.5. The second kappa shape index (κ2) is 7.09. The van der Waals surface area contributed by atoms with Gasteiger partial charge in [-0.1, -0.05) is 24.3 Å². The Labute approximate surface area is 146 Å². The molecule has 4 nitrogen and oxygen atoms in total. The van der Waals surface area contributed by atoms with Gasteiger partial charge in [-0.15, -0.1) is 11.8 Å². The van der Waals surface area contributed by atoms with Gasteiger partial charge in [0.1, 0.15) is 0 Å². The second-order valence-electron chi connectivity index (χ2n) is 5.90. The topological polar surface area (TPSA) is 58.2 Å². The first-order valence-electron chi connectivity index (χ1n) is 7.99. The second-order valence-corrected chi connectivity index (χ2v) is 7.28. The maximum absolute atomic E-state index is 12.2. The molecule has 3 rings (SSSR count). The summed E-state index contributed by atoms with van der Waals surface area (Å²) in [5.41, 5.74) is 3.64. The first kappa shape index (κ1) is 16.6. The zero-order valence-corrected chi connectivity index (χ0v) is 14.6. The molecule has 124 valence electrons. The van der Waals surface area contributed by atoms with Gasteiger partial charge >= 0.3 is 0 Å². The van der Waals surface area contributed by atoms with Crippen molar-refractivity contribution in [3.63, 3.8) is 0 Å². The van der Waals surface area contributed by atoms with Crippen LogP contribution >= 0.6 is 11.8 Å². The number of hydrogen-bond acceptors (Lipinski definition) is 3. The van der Waals surface area contributed by atoms with Crippen molar-refractivity contribution >= 4 is 29.3 Å². The van der Waals surface area contributed by atoms with Gasteiger partial charge in [-0.3, -0.25) is 9.59 Å². The van der Waals surface area contributed by atoms with E-state index in [2.05, 4.69) is 16.7 Å². The summed E-state index contributed by atoms with van der Waals surface area (Å²) in [6.07, 6.45) is 0.723. The first-order valence-corrected chi connectivity index (χ1v) is 8.87. The Bertz CT molecular complexity index is 789. The summed E-state index contributed by atoms with van der Waals surface area (Å²) in [4.78, 5) is 25.1. The lowest BCUT2D eigenvalue weighted by molar-refractivity contribution is -0.115. The van der Waals surface area contributed by atoms with E-state index in [1.54, 1.807) is 11.8 Å². The molecule has 1 aliphatic rings. The third-order valence-corrected chi connectivity index (χ3v) is 5.24. The summed E-state index contributed by atoms with van der Waals surface area (Å²) in [7, 11) is 0. The van der Waals surface area contributed by atoms with Crippen LogP contribution in [0.4, 0.5) is 5.69 Å². The van der Waals surface area contributed by atoms with Crippen molar-refractivity contribution in [3.8, 4) is 0 Å². The van der Waals surface area contributed by atoms with E-state index in [9.17, 15) is 9.59 Å². The number of fused-ring (bicyclic) bond motifs is 1. The Morgan fingerprint density at radius 2 is 2.04 bits per heavy atom. The van der Waals surface area contributed by atoms with E-state index < -0.39 is 0 Å². The van der Waals surface area contributed by atoms with Crippen molar-refractivity contribution < 1.29 is 9.59 Å². The molecule has 2 N–H and O–H groups in total. The normalized spacial score (nSPS) is 16.2. The maximum Gasteiger partial charge on any atom is 0.251 e. The molecule has 1 atom stereocenters. The fraction of sp³-hybridized carbons (Fsp3) is 0.263. The number of amides is 2. The van der Waals surface area contributed by atoms with Gasteiger partial charge in [0.15, 0.2) is 0 Å². The van der Waals surface area contributed by atoms with Crippen LogP contribution in [0.5, 0.6) is 0 Å². The minimum absolute atomic E-state index is 0.0394. The third kappa shape index (κ3) is 3.62. The summed E-state index contributed by atoms with van der Waals surface area (Å²) in [6.45, 7) is 4.39. The lowest BCUT2D eigenvalue weighted by atomic mass is 10.1. The van der Waals surface area contributed by atoms with Crippen LogP contribution in [0.2, 0.25) is 0 Å². The highest BCUT2D eigenvalue weighted by molar-refractivity contribution is 8.00. The number of rotatable bonds is 4. The Balaban J connectivity index is 1.60. The molecular formula is C19H20N2O2S. The highest BCUT2D eigenvalue weighted by Gasteiger charge is 2.22. The molecule has 0 saturated heterocycles. The summed E-state index contributed by atoms with van der Waals surface area (Å²) in [5.74, 6) is -0.0127. The molecule has 1 aliphatic heterocycles. The van der Waals surface area contributed by atoms with Gasteiger partial charge in [-0.2, -0.15) is 0 Å². The fourth-order valence-electron chi connectivity index (χ4n) is 2.65. The Hall–Kier alpha value is -2.27. The van der Waals surface area contributed by atoms with Gasteiger partial charge < -0.3 is 10.6 Å². The minimum atomic E-state index is -0.0586. The van der Waals surface area contributed by atoms with Crippen molar-refractivity contribution in [2.24, 2.45) is 0 Å². The molecular weight excluding hydrogens is 320 g/mol. The molecule has 0 fully saturated rings. The molecule has 0 spiro atoms. The van der Waals surface area contributed by atoms with Crippen molar-refractivity contribution in [3.05, 3.63) is 59.2 Å².